The summed E-state index contributed by atoms with van der Waals surface area (Å²) in [7, 11) is 0. The Hall–Kier alpha value is -3.14. The topological polar surface area (TPSA) is 42.4 Å². The molecule has 1 spiro atoms. The Kier molecular flexibility index (Phi) is 3.38. The molecule has 0 saturated carbocycles. The van der Waals surface area contributed by atoms with Crippen molar-refractivity contribution in [2.75, 3.05) is 11.5 Å². The number of aromatic nitrogens is 1. The van der Waals surface area contributed by atoms with Gasteiger partial charge in [0.2, 0.25) is 5.91 Å². The van der Waals surface area contributed by atoms with E-state index in [-0.39, 0.29) is 5.91 Å². The first kappa shape index (κ1) is 16.1. The van der Waals surface area contributed by atoms with E-state index < -0.39 is 5.41 Å². The number of carbonyl (C=O) groups excluding carboxylic acids is 1. The molecule has 2 aliphatic heterocycles. The maximum absolute atomic E-state index is 13.8. The zero-order chi connectivity index (χ0) is 18.6. The molecular formula is C23H20N2O2. The lowest BCUT2D eigenvalue weighted by molar-refractivity contribution is -0.122. The van der Waals surface area contributed by atoms with Crippen molar-refractivity contribution in [2.24, 2.45) is 0 Å². The highest BCUT2D eigenvalue weighted by atomic mass is 16.5. The van der Waals surface area contributed by atoms with Gasteiger partial charge < -0.3 is 9.64 Å². The van der Waals surface area contributed by atoms with Crippen molar-refractivity contribution in [2.45, 2.75) is 25.8 Å². The molecule has 3 aromatic rings. The summed E-state index contributed by atoms with van der Waals surface area (Å²) in [5.74, 6) is 0.874. The van der Waals surface area contributed by atoms with Crippen molar-refractivity contribution in [3.8, 4) is 5.75 Å². The SMILES string of the molecule is Cc1ccc2c(c1C)C1(COc3ccccc31)C(=O)N2Cc1ccccn1. The number of fused-ring (bicyclic) bond motifs is 4. The normalized spacial score (nSPS) is 19.9. The van der Waals surface area contributed by atoms with Gasteiger partial charge in [0.15, 0.2) is 0 Å². The highest BCUT2D eigenvalue weighted by Crippen LogP contribution is 2.53. The fourth-order valence-electron chi connectivity index (χ4n) is 4.42. The maximum Gasteiger partial charge on any atom is 0.246 e. The van der Waals surface area contributed by atoms with Crippen LogP contribution in [0.25, 0.3) is 0 Å². The van der Waals surface area contributed by atoms with Gasteiger partial charge in [0, 0.05) is 23.0 Å². The van der Waals surface area contributed by atoms with E-state index in [9.17, 15) is 4.79 Å². The fraction of sp³-hybridized carbons (Fsp3) is 0.217. The summed E-state index contributed by atoms with van der Waals surface area (Å²) >= 11 is 0. The first-order valence-electron chi connectivity index (χ1n) is 9.18. The predicted octanol–water partition coefficient (Wildman–Crippen LogP) is 3.92. The lowest BCUT2D eigenvalue weighted by atomic mass is 9.75. The monoisotopic (exact) mass is 356 g/mol. The van der Waals surface area contributed by atoms with Crippen LogP contribution in [0.5, 0.6) is 5.75 Å². The summed E-state index contributed by atoms with van der Waals surface area (Å²) in [6.07, 6.45) is 1.76. The van der Waals surface area contributed by atoms with E-state index in [0.717, 1.165) is 33.8 Å². The van der Waals surface area contributed by atoms with Crippen LogP contribution in [-0.4, -0.2) is 17.5 Å². The van der Waals surface area contributed by atoms with Crippen LogP contribution in [0.2, 0.25) is 0 Å². The number of aryl methyl sites for hydroxylation is 1. The number of anilines is 1. The average Bonchev–Trinajstić information content (AvgIpc) is 3.19. The van der Waals surface area contributed by atoms with Crippen molar-refractivity contribution in [1.82, 2.24) is 4.98 Å². The van der Waals surface area contributed by atoms with Gasteiger partial charge in [0.25, 0.3) is 0 Å². The molecule has 3 heterocycles. The van der Waals surface area contributed by atoms with Gasteiger partial charge >= 0.3 is 0 Å². The lowest BCUT2D eigenvalue weighted by Crippen LogP contribution is -2.42. The first-order chi connectivity index (χ1) is 13.1. The number of nitrogens with zero attached hydrogens (tertiary/aromatic N) is 2. The first-order valence-corrected chi connectivity index (χ1v) is 9.18. The largest absolute Gasteiger partial charge is 0.491 e. The Morgan fingerprint density at radius 3 is 2.70 bits per heavy atom. The molecule has 0 bridgehead atoms. The predicted molar refractivity (Wildman–Crippen MR) is 104 cm³/mol. The van der Waals surface area contributed by atoms with Gasteiger partial charge in [-0.05, 0) is 49.2 Å². The number of ether oxygens (including phenoxy) is 1. The number of hydrogen-bond donors (Lipinski definition) is 0. The minimum Gasteiger partial charge on any atom is -0.491 e. The van der Waals surface area contributed by atoms with Gasteiger partial charge in [-0.25, -0.2) is 0 Å². The standard InChI is InChI=1S/C23H20N2O2/c1-15-10-11-19-21(16(15)2)23(14-27-20-9-4-3-8-18(20)23)22(26)25(19)13-17-7-5-6-12-24-17/h3-12H,13-14H2,1-2H3. The number of rotatable bonds is 2. The van der Waals surface area contributed by atoms with Crippen LogP contribution in [-0.2, 0) is 16.8 Å². The summed E-state index contributed by atoms with van der Waals surface area (Å²) in [4.78, 5) is 20.1. The number of benzene rings is 2. The molecule has 27 heavy (non-hydrogen) atoms. The molecule has 0 N–H and O–H groups in total. The fourth-order valence-corrected chi connectivity index (χ4v) is 4.42. The molecule has 0 radical (unpaired) electrons. The number of para-hydroxylation sites is 1. The molecule has 2 aliphatic rings. The van der Waals surface area contributed by atoms with E-state index in [1.807, 2.05) is 47.4 Å². The molecule has 1 amide bonds. The van der Waals surface area contributed by atoms with Gasteiger partial charge in [-0.1, -0.05) is 30.3 Å². The average molecular weight is 356 g/mol. The molecule has 0 saturated heterocycles. The van der Waals surface area contributed by atoms with Crippen molar-refractivity contribution >= 4 is 11.6 Å². The third kappa shape index (κ3) is 2.10. The molecule has 4 heteroatoms. The maximum atomic E-state index is 13.8. The van der Waals surface area contributed by atoms with Crippen LogP contribution in [0.3, 0.4) is 0 Å². The van der Waals surface area contributed by atoms with Gasteiger partial charge in [-0.3, -0.25) is 9.78 Å². The minimum absolute atomic E-state index is 0.0711. The van der Waals surface area contributed by atoms with Gasteiger partial charge in [-0.15, -0.1) is 0 Å². The second kappa shape index (κ2) is 5.68. The second-order valence-electron chi connectivity index (χ2n) is 7.30. The summed E-state index contributed by atoms with van der Waals surface area (Å²) in [5, 5.41) is 0. The molecule has 1 unspecified atom stereocenters. The number of carbonyl (C=O) groups is 1. The van der Waals surface area contributed by atoms with E-state index >= 15 is 0 Å². The molecule has 4 nitrogen and oxygen atoms in total. The third-order valence-electron chi connectivity index (χ3n) is 5.88. The van der Waals surface area contributed by atoms with E-state index in [0.29, 0.717) is 13.2 Å². The Bertz CT molecular complexity index is 1060. The smallest absolute Gasteiger partial charge is 0.246 e. The zero-order valence-corrected chi connectivity index (χ0v) is 15.4. The third-order valence-corrected chi connectivity index (χ3v) is 5.88. The van der Waals surface area contributed by atoms with E-state index in [2.05, 4.69) is 31.0 Å². The molecule has 1 aromatic heterocycles. The molecule has 0 fully saturated rings. The van der Waals surface area contributed by atoms with Gasteiger partial charge in [0.1, 0.15) is 17.8 Å². The van der Waals surface area contributed by atoms with Crippen LogP contribution in [0.15, 0.2) is 60.8 Å². The van der Waals surface area contributed by atoms with Crippen LogP contribution < -0.4 is 9.64 Å². The summed E-state index contributed by atoms with van der Waals surface area (Å²) in [5.41, 5.74) is 5.46. The van der Waals surface area contributed by atoms with E-state index in [1.54, 1.807) is 6.20 Å². The Balaban J connectivity index is 1.74. The van der Waals surface area contributed by atoms with Crippen molar-refractivity contribution in [3.05, 3.63) is 88.7 Å². The van der Waals surface area contributed by atoms with Crippen molar-refractivity contribution in [1.29, 1.82) is 0 Å². The molecule has 134 valence electrons. The summed E-state index contributed by atoms with van der Waals surface area (Å²) in [6, 6.07) is 17.9. The highest BCUT2D eigenvalue weighted by Gasteiger charge is 2.57. The highest BCUT2D eigenvalue weighted by molar-refractivity contribution is 6.12. The molecule has 0 aliphatic carbocycles. The molecular weight excluding hydrogens is 336 g/mol. The van der Waals surface area contributed by atoms with Crippen molar-refractivity contribution in [3.63, 3.8) is 0 Å². The van der Waals surface area contributed by atoms with E-state index in [1.165, 1.54) is 5.56 Å². The number of amides is 1. The quantitative estimate of drug-likeness (QED) is 0.699. The van der Waals surface area contributed by atoms with Crippen LogP contribution >= 0.6 is 0 Å². The van der Waals surface area contributed by atoms with Gasteiger partial charge in [-0.2, -0.15) is 0 Å². The second-order valence-corrected chi connectivity index (χ2v) is 7.30. The van der Waals surface area contributed by atoms with Gasteiger partial charge in [0.05, 0.1) is 12.2 Å². The molecule has 2 aromatic carbocycles. The number of pyridine rings is 1. The Morgan fingerprint density at radius 2 is 1.89 bits per heavy atom. The molecule has 5 rings (SSSR count). The number of hydrogen-bond acceptors (Lipinski definition) is 3. The minimum atomic E-state index is -0.767. The lowest BCUT2D eigenvalue weighted by Gasteiger charge is -2.24. The Morgan fingerprint density at radius 1 is 1.07 bits per heavy atom. The van der Waals surface area contributed by atoms with E-state index in [4.69, 9.17) is 4.74 Å². The zero-order valence-electron chi connectivity index (χ0n) is 15.4. The van der Waals surface area contributed by atoms with Crippen molar-refractivity contribution < 1.29 is 9.53 Å². The summed E-state index contributed by atoms with van der Waals surface area (Å²) in [6.45, 7) is 5.01. The Labute approximate surface area is 158 Å². The summed E-state index contributed by atoms with van der Waals surface area (Å²) < 4.78 is 5.99. The van der Waals surface area contributed by atoms with Crippen LogP contribution in [0.4, 0.5) is 5.69 Å². The molecule has 1 atom stereocenters. The van der Waals surface area contributed by atoms with Crippen LogP contribution in [0, 0.1) is 13.8 Å². The van der Waals surface area contributed by atoms with Crippen LogP contribution in [0.1, 0.15) is 27.9 Å².